The normalized spacial score (nSPS) is 21.1. The third-order valence-electron chi connectivity index (χ3n) is 3.49. The molecule has 0 saturated carbocycles. The molecule has 1 fully saturated rings. The molecular weight excluding hydrogens is 288 g/mol. The molecule has 2 rings (SSSR count). The summed E-state index contributed by atoms with van der Waals surface area (Å²) in [5, 5.41) is 8.93. The summed E-state index contributed by atoms with van der Waals surface area (Å²) in [6.07, 6.45) is 2.06. The number of sulfonamides is 1. The second-order valence-electron chi connectivity index (χ2n) is 4.99. The van der Waals surface area contributed by atoms with E-state index in [-0.39, 0.29) is 24.0 Å². The molecule has 0 amide bonds. The predicted octanol–water partition coefficient (Wildman–Crippen LogP) is 1.75. The van der Waals surface area contributed by atoms with E-state index < -0.39 is 21.7 Å². The van der Waals surface area contributed by atoms with Gasteiger partial charge in [0, 0.05) is 25.8 Å². The lowest BCUT2D eigenvalue weighted by atomic mass is 9.97. The van der Waals surface area contributed by atoms with Crippen molar-refractivity contribution in [3.63, 3.8) is 0 Å². The number of aliphatic hydroxyl groups excluding tert-OH is 1. The first-order valence-electron chi connectivity index (χ1n) is 6.50. The number of piperidine rings is 1. The molecule has 1 heterocycles. The van der Waals surface area contributed by atoms with Gasteiger partial charge in [0.05, 0.1) is 4.90 Å². The quantitative estimate of drug-likeness (QED) is 0.922. The Morgan fingerprint density at radius 2 is 1.90 bits per heavy atom. The van der Waals surface area contributed by atoms with Crippen molar-refractivity contribution >= 4 is 10.0 Å². The summed E-state index contributed by atoms with van der Waals surface area (Å²) in [6, 6.07) is 2.30. The van der Waals surface area contributed by atoms with Crippen molar-refractivity contribution in [2.45, 2.75) is 24.2 Å². The van der Waals surface area contributed by atoms with E-state index in [1.165, 1.54) is 4.31 Å². The number of hydrogen-bond donors (Lipinski definition) is 1. The van der Waals surface area contributed by atoms with Crippen LogP contribution in [0.4, 0.5) is 8.78 Å². The highest BCUT2D eigenvalue weighted by atomic mass is 32.2. The Balaban J connectivity index is 2.25. The molecule has 1 aliphatic rings. The second-order valence-corrected chi connectivity index (χ2v) is 6.93. The average Bonchev–Trinajstić information content (AvgIpc) is 2.38. The first-order chi connectivity index (χ1) is 9.43. The van der Waals surface area contributed by atoms with Crippen LogP contribution >= 0.6 is 0 Å². The zero-order valence-corrected chi connectivity index (χ0v) is 11.7. The Kier molecular flexibility index (Phi) is 4.72. The first-order valence-corrected chi connectivity index (χ1v) is 7.94. The number of nitrogens with zero attached hydrogens (tertiary/aromatic N) is 1. The molecule has 0 bridgehead atoms. The molecule has 20 heavy (non-hydrogen) atoms. The van der Waals surface area contributed by atoms with Crippen LogP contribution in [-0.4, -0.2) is 37.5 Å². The van der Waals surface area contributed by atoms with Crippen LogP contribution in [0.3, 0.4) is 0 Å². The molecule has 1 aromatic carbocycles. The Morgan fingerprint density at radius 1 is 1.25 bits per heavy atom. The van der Waals surface area contributed by atoms with E-state index in [2.05, 4.69) is 0 Å². The van der Waals surface area contributed by atoms with Gasteiger partial charge in [0.25, 0.3) is 0 Å². The number of benzene rings is 1. The molecule has 1 saturated heterocycles. The fourth-order valence-electron chi connectivity index (χ4n) is 2.49. The summed E-state index contributed by atoms with van der Waals surface area (Å²) in [6.45, 7) is 0.622. The second kappa shape index (κ2) is 6.15. The number of halogens is 2. The van der Waals surface area contributed by atoms with Crippen molar-refractivity contribution in [2.24, 2.45) is 5.92 Å². The molecule has 0 aromatic heterocycles. The molecule has 1 aliphatic heterocycles. The Labute approximate surface area is 117 Å². The summed E-state index contributed by atoms with van der Waals surface area (Å²) in [4.78, 5) is -0.361. The summed E-state index contributed by atoms with van der Waals surface area (Å²) in [5.74, 6) is -1.73. The molecule has 1 unspecified atom stereocenters. The molecule has 0 radical (unpaired) electrons. The van der Waals surface area contributed by atoms with Gasteiger partial charge >= 0.3 is 0 Å². The molecule has 0 spiro atoms. The third-order valence-corrected chi connectivity index (χ3v) is 5.34. The molecule has 1 N–H and O–H groups in total. The highest BCUT2D eigenvalue weighted by Crippen LogP contribution is 2.26. The van der Waals surface area contributed by atoms with E-state index >= 15 is 0 Å². The van der Waals surface area contributed by atoms with Crippen molar-refractivity contribution in [1.82, 2.24) is 4.31 Å². The maximum Gasteiger partial charge on any atom is 0.243 e. The maximum absolute atomic E-state index is 13.2. The standard InChI is InChI=1S/C13H17F2NO3S/c14-11-6-12(15)8-13(7-11)20(18,19)16-4-1-2-10(9-16)3-5-17/h6-8,10,17H,1-5,9H2. The van der Waals surface area contributed by atoms with Crippen molar-refractivity contribution in [1.29, 1.82) is 0 Å². The summed E-state index contributed by atoms with van der Waals surface area (Å²) in [7, 11) is -3.89. The predicted molar refractivity (Wildman–Crippen MR) is 69.5 cm³/mol. The summed E-state index contributed by atoms with van der Waals surface area (Å²) >= 11 is 0. The number of hydrogen-bond acceptors (Lipinski definition) is 3. The van der Waals surface area contributed by atoms with Gasteiger partial charge < -0.3 is 5.11 Å². The summed E-state index contributed by atoms with van der Waals surface area (Å²) < 4.78 is 52.3. The summed E-state index contributed by atoms with van der Waals surface area (Å²) in [5.41, 5.74) is 0. The lowest BCUT2D eigenvalue weighted by molar-refractivity contribution is 0.203. The monoisotopic (exact) mass is 305 g/mol. The minimum absolute atomic E-state index is 0.00709. The molecule has 4 nitrogen and oxygen atoms in total. The van der Waals surface area contributed by atoms with Gasteiger partial charge in [-0.15, -0.1) is 0 Å². The van der Waals surface area contributed by atoms with Gasteiger partial charge in [-0.25, -0.2) is 17.2 Å². The van der Waals surface area contributed by atoms with Gasteiger partial charge in [0.15, 0.2) is 0 Å². The SMILES string of the molecule is O=S(=O)(c1cc(F)cc(F)c1)N1CCCC(CCO)C1. The van der Waals surface area contributed by atoms with Crippen LogP contribution in [0.15, 0.2) is 23.1 Å². The van der Waals surface area contributed by atoms with Crippen LogP contribution in [0.2, 0.25) is 0 Å². The molecule has 7 heteroatoms. The van der Waals surface area contributed by atoms with Crippen molar-refractivity contribution in [3.05, 3.63) is 29.8 Å². The molecule has 112 valence electrons. The van der Waals surface area contributed by atoms with Crippen molar-refractivity contribution < 1.29 is 22.3 Å². The fourth-order valence-corrected chi connectivity index (χ4v) is 4.09. The lowest BCUT2D eigenvalue weighted by Gasteiger charge is -2.31. The van der Waals surface area contributed by atoms with Crippen LogP contribution in [0, 0.1) is 17.6 Å². The zero-order chi connectivity index (χ0) is 14.8. The highest BCUT2D eigenvalue weighted by molar-refractivity contribution is 7.89. The van der Waals surface area contributed by atoms with Crippen LogP contribution < -0.4 is 0 Å². The minimum Gasteiger partial charge on any atom is -0.396 e. The Bertz CT molecular complexity index is 555. The molecule has 1 aromatic rings. The molecular formula is C13H17F2NO3S. The average molecular weight is 305 g/mol. The number of aliphatic hydroxyl groups is 1. The number of rotatable bonds is 4. The van der Waals surface area contributed by atoms with E-state index in [9.17, 15) is 17.2 Å². The van der Waals surface area contributed by atoms with Crippen LogP contribution in [0.25, 0.3) is 0 Å². The van der Waals surface area contributed by atoms with Gasteiger partial charge in [0.1, 0.15) is 11.6 Å². The highest BCUT2D eigenvalue weighted by Gasteiger charge is 2.30. The van der Waals surface area contributed by atoms with Gasteiger partial charge in [-0.05, 0) is 37.3 Å². The van der Waals surface area contributed by atoms with Gasteiger partial charge in [-0.1, -0.05) is 0 Å². The molecule has 1 atom stereocenters. The lowest BCUT2D eigenvalue weighted by Crippen LogP contribution is -2.40. The van der Waals surface area contributed by atoms with E-state index in [0.717, 1.165) is 18.6 Å². The fraction of sp³-hybridized carbons (Fsp3) is 0.538. The Morgan fingerprint density at radius 3 is 2.50 bits per heavy atom. The van der Waals surface area contributed by atoms with Crippen LogP contribution in [0.5, 0.6) is 0 Å². The zero-order valence-electron chi connectivity index (χ0n) is 10.9. The smallest absolute Gasteiger partial charge is 0.243 e. The topological polar surface area (TPSA) is 57.6 Å². The van der Waals surface area contributed by atoms with Crippen LogP contribution in [-0.2, 0) is 10.0 Å². The van der Waals surface area contributed by atoms with Gasteiger partial charge in [-0.2, -0.15) is 4.31 Å². The van der Waals surface area contributed by atoms with Crippen molar-refractivity contribution in [3.8, 4) is 0 Å². The van der Waals surface area contributed by atoms with Crippen LogP contribution in [0.1, 0.15) is 19.3 Å². The van der Waals surface area contributed by atoms with E-state index in [4.69, 9.17) is 5.11 Å². The largest absolute Gasteiger partial charge is 0.396 e. The maximum atomic E-state index is 13.2. The van der Waals surface area contributed by atoms with Gasteiger partial charge in [-0.3, -0.25) is 0 Å². The molecule has 0 aliphatic carbocycles. The van der Waals surface area contributed by atoms with E-state index in [1.807, 2.05) is 0 Å². The van der Waals surface area contributed by atoms with E-state index in [0.29, 0.717) is 25.5 Å². The van der Waals surface area contributed by atoms with Gasteiger partial charge in [0.2, 0.25) is 10.0 Å². The van der Waals surface area contributed by atoms with E-state index in [1.54, 1.807) is 0 Å². The minimum atomic E-state index is -3.89. The Hall–Kier alpha value is -1.05. The van der Waals surface area contributed by atoms with Crippen molar-refractivity contribution in [2.75, 3.05) is 19.7 Å². The first kappa shape index (κ1) is 15.3. The third kappa shape index (κ3) is 3.34.